The number of amides is 1. The van der Waals surface area contributed by atoms with Crippen LogP contribution in [0.3, 0.4) is 0 Å². The van der Waals surface area contributed by atoms with Gasteiger partial charge in [0.1, 0.15) is 11.9 Å². The smallest absolute Gasteiger partial charge is 0.244 e. The summed E-state index contributed by atoms with van der Waals surface area (Å²) in [6, 6.07) is 5.46. The van der Waals surface area contributed by atoms with E-state index in [1.165, 1.54) is 0 Å². The number of hydrogen-bond donors (Lipinski definition) is 1. The maximum Gasteiger partial charge on any atom is 0.244 e. The average molecular weight is 272 g/mol. The molecule has 0 aliphatic heterocycles. The molecule has 2 aromatic rings. The molecule has 5 heteroatoms. The fourth-order valence-corrected chi connectivity index (χ4v) is 2.66. The van der Waals surface area contributed by atoms with Gasteiger partial charge >= 0.3 is 0 Å². The van der Waals surface area contributed by atoms with Crippen LogP contribution in [0.25, 0.3) is 11.0 Å². The second-order valence-corrected chi connectivity index (χ2v) is 5.77. The van der Waals surface area contributed by atoms with Crippen LogP contribution in [0.5, 0.6) is 0 Å². The maximum absolute atomic E-state index is 12.3. The van der Waals surface area contributed by atoms with Crippen molar-refractivity contribution in [3.05, 3.63) is 24.0 Å². The van der Waals surface area contributed by atoms with Crippen LogP contribution in [0.1, 0.15) is 37.5 Å². The van der Waals surface area contributed by atoms with Crippen LogP contribution in [0, 0.1) is 0 Å². The predicted molar refractivity (Wildman–Crippen MR) is 79.5 cm³/mol. The third-order valence-corrected chi connectivity index (χ3v) is 3.87. The number of rotatable bonds is 3. The Kier molecular flexibility index (Phi) is 2.92. The Morgan fingerprint density at radius 3 is 2.75 bits per heavy atom. The monoisotopic (exact) mass is 272 g/mol. The molecule has 1 aliphatic carbocycles. The van der Waals surface area contributed by atoms with Gasteiger partial charge in [0, 0.05) is 25.7 Å². The maximum atomic E-state index is 12.3. The Morgan fingerprint density at radius 2 is 2.15 bits per heavy atom. The molecule has 2 N–H and O–H groups in total. The van der Waals surface area contributed by atoms with E-state index in [0.717, 1.165) is 29.7 Å². The molecular weight excluding hydrogens is 252 g/mol. The molecular formula is C15H20N4O. The fraction of sp³-hybridized carbons (Fsp3) is 0.467. The highest BCUT2D eigenvalue weighted by Crippen LogP contribution is 2.42. The average Bonchev–Trinajstić information content (AvgIpc) is 3.18. The number of hydrogen-bond acceptors (Lipinski definition) is 3. The number of fused-ring (bicyclic) bond motifs is 1. The summed E-state index contributed by atoms with van der Waals surface area (Å²) >= 11 is 0. The predicted octanol–water partition coefficient (Wildman–Crippen LogP) is 2.15. The number of anilines is 1. The normalized spacial score (nSPS) is 16.4. The summed E-state index contributed by atoms with van der Waals surface area (Å²) < 4.78 is 2.08. The van der Waals surface area contributed by atoms with Crippen molar-refractivity contribution in [2.75, 3.05) is 19.8 Å². The zero-order valence-electron chi connectivity index (χ0n) is 12.1. The number of likely N-dealkylation sites (N-methyl/N-ethyl adjacent to an activating group) is 1. The molecule has 5 nitrogen and oxygen atoms in total. The lowest BCUT2D eigenvalue weighted by Gasteiger charge is -2.20. The van der Waals surface area contributed by atoms with E-state index in [4.69, 9.17) is 10.7 Å². The summed E-state index contributed by atoms with van der Waals surface area (Å²) in [7, 11) is 3.57. The Hall–Kier alpha value is -2.04. The highest BCUT2D eigenvalue weighted by molar-refractivity contribution is 5.85. The Balaban J connectivity index is 2.16. The van der Waals surface area contributed by atoms with Crippen molar-refractivity contribution in [3.63, 3.8) is 0 Å². The van der Waals surface area contributed by atoms with Gasteiger partial charge < -0.3 is 15.2 Å². The van der Waals surface area contributed by atoms with Gasteiger partial charge in [0.2, 0.25) is 5.91 Å². The standard InChI is InChI=1S/C15H20N4O/c1-9(15(20)18(2)3)19-13-7-6-11(16)8-12(13)17-14(19)10-4-5-10/h6-10H,4-5,16H2,1-3H3. The van der Waals surface area contributed by atoms with Crippen LogP contribution >= 0.6 is 0 Å². The molecule has 3 rings (SSSR count). The van der Waals surface area contributed by atoms with Crippen molar-refractivity contribution in [1.29, 1.82) is 0 Å². The van der Waals surface area contributed by atoms with E-state index in [2.05, 4.69) is 4.57 Å². The number of imidazole rings is 1. The number of benzene rings is 1. The molecule has 1 heterocycles. The van der Waals surface area contributed by atoms with E-state index < -0.39 is 0 Å². The molecule has 0 bridgehead atoms. The highest BCUT2D eigenvalue weighted by atomic mass is 16.2. The lowest BCUT2D eigenvalue weighted by Crippen LogP contribution is -2.30. The molecule has 1 aromatic carbocycles. The van der Waals surface area contributed by atoms with Crippen molar-refractivity contribution < 1.29 is 4.79 Å². The summed E-state index contributed by atoms with van der Waals surface area (Å²) in [6.07, 6.45) is 2.31. The van der Waals surface area contributed by atoms with Crippen LogP contribution in [-0.2, 0) is 4.79 Å². The minimum Gasteiger partial charge on any atom is -0.399 e. The molecule has 1 aromatic heterocycles. The van der Waals surface area contributed by atoms with Gasteiger partial charge in [-0.05, 0) is 38.0 Å². The van der Waals surface area contributed by atoms with E-state index >= 15 is 0 Å². The van der Waals surface area contributed by atoms with Crippen LogP contribution < -0.4 is 5.73 Å². The molecule has 1 unspecified atom stereocenters. The van der Waals surface area contributed by atoms with Crippen molar-refractivity contribution in [3.8, 4) is 0 Å². The molecule has 1 fully saturated rings. The quantitative estimate of drug-likeness (QED) is 0.871. The zero-order valence-corrected chi connectivity index (χ0v) is 12.1. The molecule has 0 radical (unpaired) electrons. The molecule has 0 saturated heterocycles. The van der Waals surface area contributed by atoms with Crippen LogP contribution in [0.4, 0.5) is 5.69 Å². The topological polar surface area (TPSA) is 64.2 Å². The van der Waals surface area contributed by atoms with Crippen LogP contribution in [-0.4, -0.2) is 34.5 Å². The first-order valence-electron chi connectivity index (χ1n) is 6.97. The molecule has 1 aliphatic rings. The largest absolute Gasteiger partial charge is 0.399 e. The fourth-order valence-electron chi connectivity index (χ4n) is 2.66. The number of carbonyl (C=O) groups is 1. The second kappa shape index (κ2) is 4.51. The molecule has 0 spiro atoms. The zero-order chi connectivity index (χ0) is 14.4. The van der Waals surface area contributed by atoms with E-state index in [-0.39, 0.29) is 11.9 Å². The first-order valence-corrected chi connectivity index (χ1v) is 6.97. The number of aromatic nitrogens is 2. The van der Waals surface area contributed by atoms with Crippen molar-refractivity contribution in [2.45, 2.75) is 31.7 Å². The van der Waals surface area contributed by atoms with E-state index in [1.54, 1.807) is 19.0 Å². The molecule has 1 amide bonds. The van der Waals surface area contributed by atoms with Gasteiger partial charge in [0.25, 0.3) is 0 Å². The first kappa shape index (κ1) is 13.0. The number of carbonyl (C=O) groups excluding carboxylic acids is 1. The van der Waals surface area contributed by atoms with Gasteiger partial charge in [-0.25, -0.2) is 4.98 Å². The summed E-state index contributed by atoms with van der Waals surface area (Å²) in [5.41, 5.74) is 8.41. The third kappa shape index (κ3) is 2.03. The SMILES string of the molecule is CC(C(=O)N(C)C)n1c(C2CC2)nc2cc(N)ccc21. The lowest BCUT2D eigenvalue weighted by atomic mass is 10.2. The van der Waals surface area contributed by atoms with E-state index in [0.29, 0.717) is 11.6 Å². The second-order valence-electron chi connectivity index (χ2n) is 5.77. The Morgan fingerprint density at radius 1 is 1.45 bits per heavy atom. The summed E-state index contributed by atoms with van der Waals surface area (Å²) in [5, 5.41) is 0. The van der Waals surface area contributed by atoms with Gasteiger partial charge in [-0.15, -0.1) is 0 Å². The van der Waals surface area contributed by atoms with Crippen molar-refractivity contribution in [2.24, 2.45) is 0 Å². The molecule has 1 saturated carbocycles. The molecule has 20 heavy (non-hydrogen) atoms. The number of nitrogens with zero attached hydrogens (tertiary/aromatic N) is 3. The van der Waals surface area contributed by atoms with Gasteiger partial charge in [0.05, 0.1) is 11.0 Å². The number of nitrogens with two attached hydrogens (primary N) is 1. The minimum atomic E-state index is -0.241. The lowest BCUT2D eigenvalue weighted by molar-refractivity contribution is -0.131. The molecule has 1 atom stereocenters. The summed E-state index contributed by atoms with van der Waals surface area (Å²) in [6.45, 7) is 1.94. The van der Waals surface area contributed by atoms with Crippen LogP contribution in [0.2, 0.25) is 0 Å². The van der Waals surface area contributed by atoms with Gasteiger partial charge in [-0.1, -0.05) is 0 Å². The first-order chi connectivity index (χ1) is 9.49. The Bertz CT molecular complexity index is 670. The minimum absolute atomic E-state index is 0.0861. The molecule has 106 valence electrons. The number of nitrogen functional groups attached to an aromatic ring is 1. The van der Waals surface area contributed by atoms with Crippen LogP contribution in [0.15, 0.2) is 18.2 Å². The highest BCUT2D eigenvalue weighted by Gasteiger charge is 2.32. The van der Waals surface area contributed by atoms with Gasteiger partial charge in [-0.2, -0.15) is 0 Å². The van der Waals surface area contributed by atoms with E-state index in [1.807, 2.05) is 25.1 Å². The summed E-state index contributed by atoms with van der Waals surface area (Å²) in [5.74, 6) is 1.59. The van der Waals surface area contributed by atoms with E-state index in [9.17, 15) is 4.79 Å². The summed E-state index contributed by atoms with van der Waals surface area (Å²) in [4.78, 5) is 18.6. The Labute approximate surface area is 118 Å². The van der Waals surface area contributed by atoms with Crippen molar-refractivity contribution >= 4 is 22.6 Å². The van der Waals surface area contributed by atoms with Gasteiger partial charge in [-0.3, -0.25) is 4.79 Å². The third-order valence-electron chi connectivity index (χ3n) is 3.87. The van der Waals surface area contributed by atoms with Gasteiger partial charge in [0.15, 0.2) is 0 Å². The van der Waals surface area contributed by atoms with Crippen molar-refractivity contribution in [1.82, 2.24) is 14.5 Å².